The number of benzene rings is 1. The fourth-order valence-corrected chi connectivity index (χ4v) is 3.37. The molecule has 0 saturated carbocycles. The lowest BCUT2D eigenvalue weighted by Gasteiger charge is -2.33. The summed E-state index contributed by atoms with van der Waals surface area (Å²) in [5, 5.41) is 3.23. The Labute approximate surface area is 124 Å². The Bertz CT molecular complexity index is 499. The van der Waals surface area contributed by atoms with E-state index in [4.69, 9.17) is 0 Å². The van der Waals surface area contributed by atoms with Crippen LogP contribution in [0.1, 0.15) is 31.5 Å². The van der Waals surface area contributed by atoms with Crippen LogP contribution in [0, 0.1) is 5.82 Å². The number of nitrogens with zero attached hydrogens (tertiary/aromatic N) is 2. The van der Waals surface area contributed by atoms with Crippen molar-refractivity contribution in [3.63, 3.8) is 0 Å². The maximum Gasteiger partial charge on any atom is 0.238 e. The second-order valence-electron chi connectivity index (χ2n) is 5.99. The first-order valence-corrected chi connectivity index (χ1v) is 7.67. The van der Waals surface area contributed by atoms with Crippen molar-refractivity contribution in [1.82, 2.24) is 15.1 Å². The van der Waals surface area contributed by atoms with Crippen LogP contribution in [0.2, 0.25) is 0 Å². The number of hydrogen-bond donors (Lipinski definition) is 1. The Morgan fingerprint density at radius 2 is 1.95 bits per heavy atom. The molecule has 2 aliphatic heterocycles. The Morgan fingerprint density at radius 1 is 1.29 bits per heavy atom. The average molecular weight is 291 g/mol. The molecule has 0 radical (unpaired) electrons. The van der Waals surface area contributed by atoms with Crippen molar-refractivity contribution in [2.75, 3.05) is 26.2 Å². The standard InChI is InChI=1S/C16H22FN3O/c1-12(11-19-8-2-3-9-19)20-15(21)10-18-16(20)13-4-6-14(17)7-5-13/h4-7,12,16,18H,2-3,8-11H2,1H3. The molecule has 2 unspecified atom stereocenters. The maximum atomic E-state index is 13.1. The predicted molar refractivity (Wildman–Crippen MR) is 79.1 cm³/mol. The molecule has 5 heteroatoms. The van der Waals surface area contributed by atoms with Crippen LogP contribution in [0.5, 0.6) is 0 Å². The first kappa shape index (κ1) is 14.5. The zero-order valence-electron chi connectivity index (χ0n) is 12.4. The molecule has 1 aromatic rings. The second-order valence-corrected chi connectivity index (χ2v) is 5.99. The third-order valence-electron chi connectivity index (χ3n) is 4.39. The van der Waals surface area contributed by atoms with E-state index < -0.39 is 0 Å². The first-order valence-electron chi connectivity index (χ1n) is 7.67. The lowest BCUT2D eigenvalue weighted by molar-refractivity contribution is -0.130. The van der Waals surface area contributed by atoms with Crippen LogP contribution in [-0.2, 0) is 4.79 Å². The summed E-state index contributed by atoms with van der Waals surface area (Å²) in [5.74, 6) is -0.129. The summed E-state index contributed by atoms with van der Waals surface area (Å²) in [6.45, 7) is 5.61. The van der Waals surface area contributed by atoms with Crippen LogP contribution in [0.3, 0.4) is 0 Å². The zero-order chi connectivity index (χ0) is 14.8. The lowest BCUT2D eigenvalue weighted by atomic mass is 10.1. The van der Waals surface area contributed by atoms with Crippen molar-refractivity contribution in [3.8, 4) is 0 Å². The van der Waals surface area contributed by atoms with Crippen molar-refractivity contribution in [2.24, 2.45) is 0 Å². The van der Waals surface area contributed by atoms with Gasteiger partial charge in [0.15, 0.2) is 0 Å². The van der Waals surface area contributed by atoms with Gasteiger partial charge in [0.2, 0.25) is 5.91 Å². The molecule has 0 spiro atoms. The lowest BCUT2D eigenvalue weighted by Crippen LogP contribution is -2.44. The van der Waals surface area contributed by atoms with Gasteiger partial charge in [-0.3, -0.25) is 10.1 Å². The molecular formula is C16H22FN3O. The van der Waals surface area contributed by atoms with Gasteiger partial charge in [-0.15, -0.1) is 0 Å². The van der Waals surface area contributed by atoms with Crippen LogP contribution in [0.4, 0.5) is 4.39 Å². The van der Waals surface area contributed by atoms with Gasteiger partial charge in [0.05, 0.1) is 6.54 Å². The maximum absolute atomic E-state index is 13.1. The van der Waals surface area contributed by atoms with E-state index in [2.05, 4.69) is 17.1 Å². The molecule has 2 aliphatic rings. The van der Waals surface area contributed by atoms with Crippen LogP contribution < -0.4 is 5.32 Å². The van der Waals surface area contributed by atoms with Crippen molar-refractivity contribution in [1.29, 1.82) is 0 Å². The van der Waals surface area contributed by atoms with E-state index in [1.54, 1.807) is 12.1 Å². The molecule has 3 rings (SSSR count). The van der Waals surface area contributed by atoms with E-state index in [0.717, 1.165) is 25.2 Å². The zero-order valence-corrected chi connectivity index (χ0v) is 12.4. The van der Waals surface area contributed by atoms with E-state index in [1.165, 1.54) is 25.0 Å². The third kappa shape index (κ3) is 3.09. The average Bonchev–Trinajstić information content (AvgIpc) is 3.09. The van der Waals surface area contributed by atoms with Crippen LogP contribution in [-0.4, -0.2) is 47.9 Å². The number of carbonyl (C=O) groups is 1. The van der Waals surface area contributed by atoms with Gasteiger partial charge in [0.1, 0.15) is 12.0 Å². The largest absolute Gasteiger partial charge is 0.318 e. The van der Waals surface area contributed by atoms with Gasteiger partial charge in [0, 0.05) is 12.6 Å². The molecule has 0 bridgehead atoms. The molecule has 2 fully saturated rings. The van der Waals surface area contributed by atoms with E-state index in [1.807, 2.05) is 4.90 Å². The van der Waals surface area contributed by atoms with Gasteiger partial charge in [-0.25, -0.2) is 4.39 Å². The Hall–Kier alpha value is -1.46. The molecule has 2 heterocycles. The minimum Gasteiger partial charge on any atom is -0.318 e. The third-order valence-corrected chi connectivity index (χ3v) is 4.39. The minimum atomic E-state index is -0.250. The summed E-state index contributed by atoms with van der Waals surface area (Å²) < 4.78 is 13.1. The summed E-state index contributed by atoms with van der Waals surface area (Å²) in [6, 6.07) is 6.55. The molecule has 2 atom stereocenters. The smallest absolute Gasteiger partial charge is 0.238 e. The number of hydrogen-bond acceptors (Lipinski definition) is 3. The van der Waals surface area contributed by atoms with Crippen molar-refractivity contribution >= 4 is 5.91 Å². The van der Waals surface area contributed by atoms with Crippen LogP contribution in [0.25, 0.3) is 0 Å². The minimum absolute atomic E-state index is 0.121. The van der Waals surface area contributed by atoms with E-state index in [9.17, 15) is 9.18 Å². The highest BCUT2D eigenvalue weighted by atomic mass is 19.1. The fourth-order valence-electron chi connectivity index (χ4n) is 3.37. The van der Waals surface area contributed by atoms with E-state index in [-0.39, 0.29) is 23.9 Å². The molecule has 0 aliphatic carbocycles. The monoisotopic (exact) mass is 291 g/mol. The van der Waals surface area contributed by atoms with Crippen LogP contribution in [0.15, 0.2) is 24.3 Å². The summed E-state index contributed by atoms with van der Waals surface area (Å²) in [6.07, 6.45) is 2.36. The van der Waals surface area contributed by atoms with E-state index in [0.29, 0.717) is 6.54 Å². The van der Waals surface area contributed by atoms with Crippen LogP contribution >= 0.6 is 0 Å². The highest BCUT2D eigenvalue weighted by molar-refractivity contribution is 5.81. The predicted octanol–water partition coefficient (Wildman–Crippen LogP) is 1.74. The second kappa shape index (κ2) is 6.12. The molecule has 0 aromatic heterocycles. The highest BCUT2D eigenvalue weighted by Crippen LogP contribution is 2.25. The number of amides is 1. The number of nitrogens with one attached hydrogen (secondary N) is 1. The number of likely N-dealkylation sites (tertiary alicyclic amines) is 1. The van der Waals surface area contributed by atoms with Gasteiger partial charge < -0.3 is 9.80 Å². The van der Waals surface area contributed by atoms with Gasteiger partial charge in [0.25, 0.3) is 0 Å². The molecule has 1 amide bonds. The van der Waals surface area contributed by atoms with Crippen molar-refractivity contribution in [2.45, 2.75) is 32.0 Å². The summed E-state index contributed by atoms with van der Waals surface area (Å²) in [5.41, 5.74) is 0.940. The topological polar surface area (TPSA) is 35.6 Å². The Balaban J connectivity index is 1.73. The molecule has 21 heavy (non-hydrogen) atoms. The van der Waals surface area contributed by atoms with Gasteiger partial charge in [-0.2, -0.15) is 0 Å². The summed E-state index contributed by atoms with van der Waals surface area (Å²) >= 11 is 0. The number of carbonyl (C=O) groups excluding carboxylic acids is 1. The molecule has 1 aromatic carbocycles. The normalized spacial score (nSPS) is 24.8. The molecular weight excluding hydrogens is 269 g/mol. The van der Waals surface area contributed by atoms with Gasteiger partial charge in [-0.05, 0) is 50.6 Å². The molecule has 4 nitrogen and oxygen atoms in total. The summed E-state index contributed by atoms with van der Waals surface area (Å²) in [4.78, 5) is 16.5. The SMILES string of the molecule is CC(CN1CCCC1)N1C(=O)CNC1c1ccc(F)cc1. The highest BCUT2D eigenvalue weighted by Gasteiger charge is 2.35. The van der Waals surface area contributed by atoms with Gasteiger partial charge in [-0.1, -0.05) is 12.1 Å². The molecule has 2 saturated heterocycles. The Kier molecular flexibility index (Phi) is 4.22. The quantitative estimate of drug-likeness (QED) is 0.918. The van der Waals surface area contributed by atoms with Crippen molar-refractivity contribution in [3.05, 3.63) is 35.6 Å². The first-order chi connectivity index (χ1) is 10.1. The van der Waals surface area contributed by atoms with Crippen molar-refractivity contribution < 1.29 is 9.18 Å². The number of halogens is 1. The van der Waals surface area contributed by atoms with Gasteiger partial charge >= 0.3 is 0 Å². The summed E-state index contributed by atoms with van der Waals surface area (Å²) in [7, 11) is 0. The number of rotatable bonds is 4. The van der Waals surface area contributed by atoms with E-state index >= 15 is 0 Å². The Morgan fingerprint density at radius 3 is 2.62 bits per heavy atom. The molecule has 1 N–H and O–H groups in total. The fraction of sp³-hybridized carbons (Fsp3) is 0.562. The molecule has 114 valence electrons.